The minimum absolute atomic E-state index is 0.0308. The molecule has 1 aromatic carbocycles. The van der Waals surface area contributed by atoms with Crippen molar-refractivity contribution in [1.29, 1.82) is 0 Å². The van der Waals surface area contributed by atoms with Crippen molar-refractivity contribution in [2.45, 2.75) is 19.9 Å². The van der Waals surface area contributed by atoms with E-state index in [0.717, 1.165) is 0 Å². The van der Waals surface area contributed by atoms with Crippen LogP contribution in [0.2, 0.25) is 0 Å². The van der Waals surface area contributed by atoms with Gasteiger partial charge in [-0.25, -0.2) is 0 Å². The van der Waals surface area contributed by atoms with Crippen molar-refractivity contribution < 1.29 is 14.4 Å². The highest BCUT2D eigenvalue weighted by Crippen LogP contribution is 2.30. The molecule has 1 unspecified atom stereocenters. The maximum Gasteiger partial charge on any atom is 0.271 e. The maximum atomic E-state index is 10.8. The fraction of sp³-hybridized carbons (Fsp3) is 0.538. The highest BCUT2D eigenvalue weighted by atomic mass is 16.6. The van der Waals surface area contributed by atoms with Crippen molar-refractivity contribution in [2.24, 2.45) is 5.92 Å². The Kier molecular flexibility index (Phi) is 5.57. The highest BCUT2D eigenvalue weighted by molar-refractivity contribution is 5.62. The van der Waals surface area contributed by atoms with Gasteiger partial charge in [-0.1, -0.05) is 13.8 Å². The third kappa shape index (κ3) is 4.10. The molecule has 1 N–H and O–H groups in total. The van der Waals surface area contributed by atoms with Crippen molar-refractivity contribution in [3.8, 4) is 5.75 Å². The van der Waals surface area contributed by atoms with Gasteiger partial charge in [0.1, 0.15) is 5.75 Å². The van der Waals surface area contributed by atoms with Crippen molar-refractivity contribution >= 4 is 11.4 Å². The van der Waals surface area contributed by atoms with Crippen LogP contribution in [0.5, 0.6) is 5.75 Å². The molecule has 0 aliphatic carbocycles. The number of rotatable bonds is 7. The number of nitrogens with one attached hydrogen (secondary N) is 1. The predicted octanol–water partition coefficient (Wildman–Crippen LogP) is 2.69. The molecular weight excluding hydrogens is 248 g/mol. The van der Waals surface area contributed by atoms with E-state index < -0.39 is 4.92 Å². The smallest absolute Gasteiger partial charge is 0.271 e. The molecule has 0 radical (unpaired) electrons. The summed E-state index contributed by atoms with van der Waals surface area (Å²) in [4.78, 5) is 10.4. The molecule has 106 valence electrons. The maximum absolute atomic E-state index is 10.8. The molecule has 1 atom stereocenters. The zero-order valence-electron chi connectivity index (χ0n) is 11.7. The van der Waals surface area contributed by atoms with Gasteiger partial charge in [0, 0.05) is 19.2 Å². The molecule has 0 amide bonds. The number of hydrogen-bond acceptors (Lipinski definition) is 5. The molecule has 0 fully saturated rings. The summed E-state index contributed by atoms with van der Waals surface area (Å²) in [5, 5.41) is 14.1. The van der Waals surface area contributed by atoms with E-state index in [1.165, 1.54) is 19.2 Å². The SMILES string of the molecule is COCC(Nc1cc([N+](=O)[O-])ccc1OC)C(C)C. The first-order valence-electron chi connectivity index (χ1n) is 6.07. The van der Waals surface area contributed by atoms with E-state index in [9.17, 15) is 10.1 Å². The molecule has 0 saturated carbocycles. The summed E-state index contributed by atoms with van der Waals surface area (Å²) in [6.07, 6.45) is 0. The average Bonchev–Trinajstić information content (AvgIpc) is 2.37. The summed E-state index contributed by atoms with van der Waals surface area (Å²) < 4.78 is 10.4. The number of anilines is 1. The molecule has 6 nitrogen and oxygen atoms in total. The van der Waals surface area contributed by atoms with Gasteiger partial charge in [-0.15, -0.1) is 0 Å². The summed E-state index contributed by atoms with van der Waals surface area (Å²) >= 11 is 0. The van der Waals surface area contributed by atoms with E-state index in [1.54, 1.807) is 13.2 Å². The first kappa shape index (κ1) is 15.2. The minimum atomic E-state index is -0.425. The molecule has 0 bridgehead atoms. The molecule has 0 saturated heterocycles. The van der Waals surface area contributed by atoms with Crippen molar-refractivity contribution in [1.82, 2.24) is 0 Å². The molecule has 6 heteroatoms. The van der Waals surface area contributed by atoms with Crippen LogP contribution in [0.15, 0.2) is 18.2 Å². The Bertz CT molecular complexity index is 435. The third-order valence-corrected chi connectivity index (χ3v) is 2.89. The third-order valence-electron chi connectivity index (χ3n) is 2.89. The fourth-order valence-corrected chi connectivity index (χ4v) is 1.70. The number of methoxy groups -OCH3 is 2. The first-order valence-corrected chi connectivity index (χ1v) is 6.07. The number of benzene rings is 1. The predicted molar refractivity (Wildman–Crippen MR) is 73.8 cm³/mol. The van der Waals surface area contributed by atoms with Gasteiger partial charge >= 0.3 is 0 Å². The van der Waals surface area contributed by atoms with E-state index in [-0.39, 0.29) is 11.7 Å². The summed E-state index contributed by atoms with van der Waals surface area (Å²) in [5.74, 6) is 0.899. The molecular formula is C13H20N2O4. The summed E-state index contributed by atoms with van der Waals surface area (Å²) in [6, 6.07) is 4.54. The minimum Gasteiger partial charge on any atom is -0.495 e. The number of nitro benzene ring substituents is 1. The van der Waals surface area contributed by atoms with Crippen LogP contribution < -0.4 is 10.1 Å². The molecule has 0 spiro atoms. The standard InChI is InChI=1S/C13H20N2O4/c1-9(2)12(8-18-3)14-11-7-10(15(16)17)5-6-13(11)19-4/h5-7,9,12,14H,8H2,1-4H3. The Labute approximate surface area is 112 Å². The van der Waals surface area contributed by atoms with Crippen LogP contribution in [0.1, 0.15) is 13.8 Å². The van der Waals surface area contributed by atoms with Crippen LogP contribution in [0.4, 0.5) is 11.4 Å². The quantitative estimate of drug-likeness (QED) is 0.608. The topological polar surface area (TPSA) is 73.6 Å². The van der Waals surface area contributed by atoms with Crippen LogP contribution in [-0.4, -0.2) is 31.8 Å². The van der Waals surface area contributed by atoms with Crippen molar-refractivity contribution in [3.05, 3.63) is 28.3 Å². The lowest BCUT2D eigenvalue weighted by Crippen LogP contribution is -2.30. The highest BCUT2D eigenvalue weighted by Gasteiger charge is 2.17. The second-order valence-electron chi connectivity index (χ2n) is 4.59. The van der Waals surface area contributed by atoms with Gasteiger partial charge in [-0.3, -0.25) is 10.1 Å². The fourth-order valence-electron chi connectivity index (χ4n) is 1.70. The molecule has 0 aliphatic rings. The van der Waals surface area contributed by atoms with Crippen LogP contribution in [0.3, 0.4) is 0 Å². The number of hydrogen-bond donors (Lipinski definition) is 1. The largest absolute Gasteiger partial charge is 0.495 e. The number of nitro groups is 1. The number of non-ortho nitro benzene ring substituents is 1. The van der Waals surface area contributed by atoms with Crippen LogP contribution >= 0.6 is 0 Å². The van der Waals surface area contributed by atoms with Crippen molar-refractivity contribution in [3.63, 3.8) is 0 Å². The lowest BCUT2D eigenvalue weighted by Gasteiger charge is -2.23. The van der Waals surface area contributed by atoms with Crippen LogP contribution in [0, 0.1) is 16.0 Å². The zero-order valence-corrected chi connectivity index (χ0v) is 11.7. The Morgan fingerprint density at radius 3 is 2.53 bits per heavy atom. The van der Waals surface area contributed by atoms with Gasteiger partial charge in [0.15, 0.2) is 0 Å². The Morgan fingerprint density at radius 2 is 2.05 bits per heavy atom. The van der Waals surface area contributed by atoms with E-state index >= 15 is 0 Å². The van der Waals surface area contributed by atoms with E-state index in [4.69, 9.17) is 9.47 Å². The summed E-state index contributed by atoms with van der Waals surface area (Å²) in [5.41, 5.74) is 0.635. The van der Waals surface area contributed by atoms with Gasteiger partial charge in [-0.05, 0) is 12.0 Å². The van der Waals surface area contributed by atoms with Crippen LogP contribution in [0.25, 0.3) is 0 Å². The van der Waals surface area contributed by atoms with Gasteiger partial charge in [-0.2, -0.15) is 0 Å². The second-order valence-corrected chi connectivity index (χ2v) is 4.59. The van der Waals surface area contributed by atoms with Crippen LogP contribution in [-0.2, 0) is 4.74 Å². The Morgan fingerprint density at radius 1 is 1.37 bits per heavy atom. The molecule has 1 aromatic rings. The number of nitrogens with zero attached hydrogens (tertiary/aromatic N) is 1. The lowest BCUT2D eigenvalue weighted by molar-refractivity contribution is -0.384. The van der Waals surface area contributed by atoms with Gasteiger partial charge < -0.3 is 14.8 Å². The van der Waals surface area contributed by atoms with Gasteiger partial charge in [0.25, 0.3) is 5.69 Å². The monoisotopic (exact) mass is 268 g/mol. The normalized spacial score (nSPS) is 12.3. The van der Waals surface area contributed by atoms with Gasteiger partial charge in [0.2, 0.25) is 0 Å². The molecule has 0 aliphatic heterocycles. The molecule has 0 heterocycles. The Hall–Kier alpha value is -1.82. The van der Waals surface area contributed by atoms with Gasteiger partial charge in [0.05, 0.1) is 30.4 Å². The molecule has 19 heavy (non-hydrogen) atoms. The lowest BCUT2D eigenvalue weighted by atomic mass is 10.0. The summed E-state index contributed by atoms with van der Waals surface area (Å²) in [7, 11) is 3.16. The average molecular weight is 268 g/mol. The zero-order chi connectivity index (χ0) is 14.4. The molecule has 1 rings (SSSR count). The summed E-state index contributed by atoms with van der Waals surface area (Å²) in [6.45, 7) is 4.63. The Balaban J connectivity index is 3.01. The second kappa shape index (κ2) is 6.94. The number of ether oxygens (including phenoxy) is 2. The van der Waals surface area contributed by atoms with E-state index in [1.807, 2.05) is 0 Å². The van der Waals surface area contributed by atoms with Crippen molar-refractivity contribution in [2.75, 3.05) is 26.1 Å². The van der Waals surface area contributed by atoms with E-state index in [2.05, 4.69) is 19.2 Å². The first-order chi connectivity index (χ1) is 8.99. The molecule has 0 aromatic heterocycles. The van der Waals surface area contributed by atoms with E-state index in [0.29, 0.717) is 24.0 Å².